The highest BCUT2D eigenvalue weighted by atomic mass is 32.1. The van der Waals surface area contributed by atoms with Gasteiger partial charge in [-0.15, -0.1) is 11.3 Å². The molecule has 3 nitrogen and oxygen atoms in total. The Morgan fingerprint density at radius 1 is 0.520 bits per heavy atom. The van der Waals surface area contributed by atoms with E-state index in [1.807, 2.05) is 11.3 Å². The molecule has 0 N–H and O–H groups in total. The van der Waals surface area contributed by atoms with Crippen molar-refractivity contribution in [2.24, 2.45) is 0 Å². The Labute approximate surface area is 297 Å². The molecule has 0 saturated heterocycles. The lowest BCUT2D eigenvalue weighted by molar-refractivity contribution is 1.26. The number of rotatable bonds is 5. The second-order valence-electron chi connectivity index (χ2n) is 13.0. The lowest BCUT2D eigenvalue weighted by Gasteiger charge is -2.45. The molecule has 2 aliphatic heterocycles. The molecule has 0 saturated carbocycles. The van der Waals surface area contributed by atoms with E-state index in [1.54, 1.807) is 0 Å². The van der Waals surface area contributed by atoms with Crippen LogP contribution in [0.5, 0.6) is 0 Å². The molecule has 3 heterocycles. The molecular weight excluding hydrogens is 625 g/mol. The van der Waals surface area contributed by atoms with E-state index >= 15 is 0 Å². The van der Waals surface area contributed by atoms with Crippen LogP contribution in [0.2, 0.25) is 0 Å². The zero-order valence-corrected chi connectivity index (χ0v) is 28.4. The van der Waals surface area contributed by atoms with Gasteiger partial charge in [-0.1, -0.05) is 97.1 Å². The molecule has 0 amide bonds. The quantitative estimate of drug-likeness (QED) is 0.171. The summed E-state index contributed by atoms with van der Waals surface area (Å²) in [6.45, 7) is 2.25. The van der Waals surface area contributed by atoms with Crippen molar-refractivity contribution in [1.29, 1.82) is 0 Å². The first-order chi connectivity index (χ1) is 24.7. The van der Waals surface area contributed by atoms with Crippen LogP contribution in [-0.2, 0) is 0 Å². The predicted molar refractivity (Wildman–Crippen MR) is 215 cm³/mol. The van der Waals surface area contributed by atoms with E-state index < -0.39 is 0 Å². The highest BCUT2D eigenvalue weighted by Gasteiger charge is 2.47. The zero-order valence-electron chi connectivity index (χ0n) is 27.6. The lowest BCUT2D eigenvalue weighted by atomic mass is 9.46. The second-order valence-corrected chi connectivity index (χ2v) is 14.1. The zero-order chi connectivity index (χ0) is 33.2. The fourth-order valence-electron chi connectivity index (χ4n) is 7.99. The third-order valence-electron chi connectivity index (χ3n) is 10.0. The van der Waals surface area contributed by atoms with Gasteiger partial charge in [-0.3, -0.25) is 0 Å². The average molecular weight is 658 g/mol. The summed E-state index contributed by atoms with van der Waals surface area (Å²) < 4.78 is 2.67. The highest BCUT2D eigenvalue weighted by Crippen LogP contribution is 2.51. The Balaban J connectivity index is 1.29. The first-order valence-corrected chi connectivity index (χ1v) is 18.0. The minimum absolute atomic E-state index is 0.00746. The van der Waals surface area contributed by atoms with Gasteiger partial charge in [0.1, 0.15) is 0 Å². The summed E-state index contributed by atoms with van der Waals surface area (Å²) >= 11 is 1.93. The molecule has 8 aromatic rings. The normalized spacial score (nSPS) is 12.8. The molecule has 0 bridgehead atoms. The smallest absolute Gasteiger partial charge is 0.343 e. The standard InChI is InChI=1S/C45H32BN3S/c1-31-28-39-38-30-36(47(32-16-6-2-7-17-32)33-18-8-3-9-19-33)26-27-40(38)49(35-22-12-5-13-23-35)46-43(39)41(29-31)48(34-20-10-4-11-21-34)44-37-24-14-15-25-42(37)50-45(44)46/h2-30H,1H3. The molecule has 10 rings (SSSR count). The van der Waals surface area contributed by atoms with Crippen molar-refractivity contribution >= 4 is 84.0 Å². The third kappa shape index (κ3) is 4.44. The van der Waals surface area contributed by atoms with Crippen LogP contribution in [0, 0.1) is 6.92 Å². The van der Waals surface area contributed by atoms with Gasteiger partial charge in [-0.2, -0.15) is 0 Å². The minimum atomic E-state index is 0.00746. The number of hydrogen-bond acceptors (Lipinski definition) is 4. The summed E-state index contributed by atoms with van der Waals surface area (Å²) in [5.41, 5.74) is 14.6. The predicted octanol–water partition coefficient (Wildman–Crippen LogP) is 11.4. The summed E-state index contributed by atoms with van der Waals surface area (Å²) in [5, 5.41) is 1.29. The van der Waals surface area contributed by atoms with Crippen LogP contribution in [-0.4, -0.2) is 6.85 Å². The first-order valence-electron chi connectivity index (χ1n) is 17.1. The fraction of sp³-hybridized carbons (Fsp3) is 0.0222. The van der Waals surface area contributed by atoms with Gasteiger partial charge < -0.3 is 14.6 Å². The maximum Gasteiger partial charge on any atom is 0.343 e. The van der Waals surface area contributed by atoms with E-state index in [0.29, 0.717) is 0 Å². The lowest BCUT2D eigenvalue weighted by Crippen LogP contribution is -2.60. The monoisotopic (exact) mass is 657 g/mol. The van der Waals surface area contributed by atoms with Crippen LogP contribution in [0.4, 0.5) is 45.5 Å². The SMILES string of the molecule is Cc1cc2c3c(c1)N(c1ccccc1)c1c(sc4ccccc14)B3N(c1ccccc1)c1ccc(N(c3ccccc3)c3ccccc3)cc1-2. The van der Waals surface area contributed by atoms with Gasteiger partial charge >= 0.3 is 6.85 Å². The van der Waals surface area contributed by atoms with Gasteiger partial charge in [-0.25, -0.2) is 0 Å². The van der Waals surface area contributed by atoms with Gasteiger partial charge in [0.05, 0.1) is 5.69 Å². The molecule has 2 aliphatic rings. The first kappa shape index (κ1) is 28.9. The molecule has 0 radical (unpaired) electrons. The summed E-state index contributed by atoms with van der Waals surface area (Å²) in [7, 11) is 0. The van der Waals surface area contributed by atoms with Crippen molar-refractivity contribution in [3.63, 3.8) is 0 Å². The largest absolute Gasteiger partial charge is 0.376 e. The van der Waals surface area contributed by atoms with Crippen LogP contribution in [0.1, 0.15) is 5.56 Å². The van der Waals surface area contributed by atoms with Crippen molar-refractivity contribution in [1.82, 2.24) is 0 Å². The topological polar surface area (TPSA) is 9.72 Å². The molecule has 0 spiro atoms. The Morgan fingerprint density at radius 2 is 1.12 bits per heavy atom. The molecular formula is C45H32BN3S. The molecule has 50 heavy (non-hydrogen) atoms. The Hall–Kier alpha value is -6.04. The molecule has 236 valence electrons. The van der Waals surface area contributed by atoms with Crippen molar-refractivity contribution in [2.45, 2.75) is 6.92 Å². The number of benzene rings is 7. The number of hydrogen-bond donors (Lipinski definition) is 0. The Morgan fingerprint density at radius 3 is 1.80 bits per heavy atom. The van der Waals surface area contributed by atoms with Crippen molar-refractivity contribution in [2.75, 3.05) is 14.6 Å². The van der Waals surface area contributed by atoms with E-state index in [2.05, 4.69) is 197 Å². The van der Waals surface area contributed by atoms with Crippen molar-refractivity contribution in [3.05, 3.63) is 181 Å². The number of para-hydroxylation sites is 4. The summed E-state index contributed by atoms with van der Waals surface area (Å²) in [4.78, 5) is 7.48. The fourth-order valence-corrected chi connectivity index (χ4v) is 9.28. The molecule has 7 aromatic carbocycles. The number of anilines is 8. The molecule has 0 fully saturated rings. The Kier molecular flexibility index (Phi) is 6.68. The van der Waals surface area contributed by atoms with Crippen LogP contribution in [0.25, 0.3) is 21.2 Å². The van der Waals surface area contributed by atoms with Gasteiger partial charge in [0.2, 0.25) is 0 Å². The minimum Gasteiger partial charge on any atom is -0.376 e. The maximum atomic E-state index is 2.59. The average Bonchev–Trinajstić information content (AvgIpc) is 3.56. The summed E-state index contributed by atoms with van der Waals surface area (Å²) in [6.07, 6.45) is 0. The Bertz CT molecular complexity index is 2480. The molecule has 1 aromatic heterocycles. The molecule has 0 unspecified atom stereocenters. The molecule has 0 aliphatic carbocycles. The van der Waals surface area contributed by atoms with Crippen LogP contribution < -0.4 is 24.9 Å². The van der Waals surface area contributed by atoms with Crippen molar-refractivity contribution in [3.8, 4) is 11.1 Å². The van der Waals surface area contributed by atoms with E-state index in [-0.39, 0.29) is 6.85 Å². The third-order valence-corrected chi connectivity index (χ3v) is 11.2. The van der Waals surface area contributed by atoms with E-state index in [1.165, 1.54) is 65.5 Å². The number of aryl methyl sites for hydroxylation is 1. The number of fused-ring (bicyclic) bond motifs is 6. The highest BCUT2D eigenvalue weighted by molar-refractivity contribution is 7.32. The summed E-state index contributed by atoms with van der Waals surface area (Å²) in [5.74, 6) is 0. The number of nitrogens with zero attached hydrogens (tertiary/aromatic N) is 3. The van der Waals surface area contributed by atoms with Gasteiger partial charge in [0.15, 0.2) is 0 Å². The van der Waals surface area contributed by atoms with E-state index in [4.69, 9.17) is 0 Å². The van der Waals surface area contributed by atoms with Crippen LogP contribution in [0.15, 0.2) is 176 Å². The van der Waals surface area contributed by atoms with Crippen molar-refractivity contribution < 1.29 is 0 Å². The maximum absolute atomic E-state index is 2.59. The number of thiophene rings is 1. The van der Waals surface area contributed by atoms with Gasteiger partial charge in [-0.05, 0) is 102 Å². The van der Waals surface area contributed by atoms with Gasteiger partial charge in [0, 0.05) is 60.2 Å². The molecule has 5 heteroatoms. The van der Waals surface area contributed by atoms with Crippen LogP contribution in [0.3, 0.4) is 0 Å². The van der Waals surface area contributed by atoms with Crippen LogP contribution >= 0.6 is 11.3 Å². The van der Waals surface area contributed by atoms with E-state index in [0.717, 1.165) is 17.1 Å². The molecule has 0 atom stereocenters. The van der Waals surface area contributed by atoms with Gasteiger partial charge in [0.25, 0.3) is 0 Å². The second kappa shape index (κ2) is 11.5. The van der Waals surface area contributed by atoms with E-state index in [9.17, 15) is 0 Å². The summed E-state index contributed by atoms with van der Waals surface area (Å²) in [6, 6.07) is 64.0.